The van der Waals surface area contributed by atoms with Crippen molar-refractivity contribution >= 4 is 35.3 Å². The maximum atomic E-state index is 12.0. The molecule has 0 spiro atoms. The van der Waals surface area contributed by atoms with Crippen molar-refractivity contribution in [3.8, 4) is 5.75 Å². The predicted molar refractivity (Wildman–Crippen MR) is 93.5 cm³/mol. The number of nitrogens with zero attached hydrogens (tertiary/aromatic N) is 1. The van der Waals surface area contributed by atoms with Gasteiger partial charge in [0.1, 0.15) is 5.75 Å². The van der Waals surface area contributed by atoms with Crippen LogP contribution in [0.3, 0.4) is 0 Å². The SMILES string of the molecule is Cc1ccccc1/C=N/NC(=O)C(C)Oc1ccc(Cl)cc1Cl. The molecule has 6 heteroatoms. The summed E-state index contributed by atoms with van der Waals surface area (Å²) in [4.78, 5) is 12.0. The van der Waals surface area contributed by atoms with Gasteiger partial charge in [-0.25, -0.2) is 5.43 Å². The largest absolute Gasteiger partial charge is 0.479 e. The Hall–Kier alpha value is -2.04. The van der Waals surface area contributed by atoms with Gasteiger partial charge in [0, 0.05) is 5.02 Å². The zero-order valence-electron chi connectivity index (χ0n) is 12.7. The van der Waals surface area contributed by atoms with Crippen LogP contribution in [-0.2, 0) is 4.79 Å². The number of ether oxygens (including phenoxy) is 1. The van der Waals surface area contributed by atoms with Crippen molar-refractivity contribution in [2.75, 3.05) is 0 Å². The molecule has 1 amide bonds. The minimum absolute atomic E-state index is 0.348. The highest BCUT2D eigenvalue weighted by atomic mass is 35.5. The molecule has 0 aromatic heterocycles. The lowest BCUT2D eigenvalue weighted by molar-refractivity contribution is -0.127. The van der Waals surface area contributed by atoms with Gasteiger partial charge in [0.2, 0.25) is 0 Å². The number of amides is 1. The fraction of sp³-hybridized carbons (Fsp3) is 0.176. The van der Waals surface area contributed by atoms with Crippen LogP contribution >= 0.6 is 23.2 Å². The average molecular weight is 351 g/mol. The van der Waals surface area contributed by atoms with Gasteiger partial charge in [0.05, 0.1) is 11.2 Å². The second kappa shape index (κ2) is 7.99. The number of halogens is 2. The van der Waals surface area contributed by atoms with Crippen LogP contribution in [0, 0.1) is 6.92 Å². The first kappa shape index (κ1) is 17.3. The first-order chi connectivity index (χ1) is 11.0. The molecule has 0 fully saturated rings. The van der Waals surface area contributed by atoms with E-state index in [1.54, 1.807) is 31.3 Å². The molecule has 0 aliphatic rings. The van der Waals surface area contributed by atoms with E-state index in [-0.39, 0.29) is 5.91 Å². The summed E-state index contributed by atoms with van der Waals surface area (Å²) in [6.45, 7) is 3.58. The number of hydrogen-bond acceptors (Lipinski definition) is 3. The van der Waals surface area contributed by atoms with Gasteiger partial charge in [-0.1, -0.05) is 47.5 Å². The molecule has 4 nitrogen and oxygen atoms in total. The van der Waals surface area contributed by atoms with E-state index in [0.29, 0.717) is 15.8 Å². The Morgan fingerprint density at radius 1 is 1.26 bits per heavy atom. The number of rotatable bonds is 5. The van der Waals surface area contributed by atoms with Crippen LogP contribution in [0.1, 0.15) is 18.1 Å². The first-order valence-corrected chi connectivity index (χ1v) is 7.73. The van der Waals surface area contributed by atoms with E-state index in [0.717, 1.165) is 11.1 Å². The third-order valence-corrected chi connectivity index (χ3v) is 3.66. The van der Waals surface area contributed by atoms with Gasteiger partial charge in [0.25, 0.3) is 5.91 Å². The number of carbonyl (C=O) groups excluding carboxylic acids is 1. The van der Waals surface area contributed by atoms with Crippen molar-refractivity contribution in [2.24, 2.45) is 5.10 Å². The minimum atomic E-state index is -0.748. The summed E-state index contributed by atoms with van der Waals surface area (Å²) in [5.41, 5.74) is 4.45. The van der Waals surface area contributed by atoms with E-state index in [9.17, 15) is 4.79 Å². The first-order valence-electron chi connectivity index (χ1n) is 6.97. The van der Waals surface area contributed by atoms with Gasteiger partial charge in [0.15, 0.2) is 6.10 Å². The van der Waals surface area contributed by atoms with Crippen LogP contribution in [0.4, 0.5) is 0 Å². The van der Waals surface area contributed by atoms with Crippen molar-refractivity contribution in [1.29, 1.82) is 0 Å². The third-order valence-electron chi connectivity index (χ3n) is 3.13. The van der Waals surface area contributed by atoms with Crippen molar-refractivity contribution in [3.05, 3.63) is 63.6 Å². The molecule has 0 aliphatic carbocycles. The highest BCUT2D eigenvalue weighted by molar-refractivity contribution is 6.35. The molecular weight excluding hydrogens is 335 g/mol. The Morgan fingerprint density at radius 3 is 2.70 bits per heavy atom. The molecule has 2 aromatic carbocycles. The molecule has 2 rings (SSSR count). The standard InChI is InChI=1S/C17H16Cl2N2O2/c1-11-5-3-4-6-13(11)10-20-21-17(22)12(2)23-16-8-7-14(18)9-15(16)19/h3-10,12H,1-2H3,(H,21,22)/b20-10+. The van der Waals surface area contributed by atoms with Gasteiger partial charge >= 0.3 is 0 Å². The molecule has 0 radical (unpaired) electrons. The summed E-state index contributed by atoms with van der Waals surface area (Å²) >= 11 is 11.8. The van der Waals surface area contributed by atoms with Crippen molar-refractivity contribution in [1.82, 2.24) is 5.43 Å². The number of aryl methyl sites for hydroxylation is 1. The van der Waals surface area contributed by atoms with Gasteiger partial charge in [-0.05, 0) is 43.2 Å². The minimum Gasteiger partial charge on any atom is -0.479 e. The van der Waals surface area contributed by atoms with Crippen LogP contribution in [-0.4, -0.2) is 18.2 Å². The molecule has 0 saturated heterocycles. The highest BCUT2D eigenvalue weighted by Gasteiger charge is 2.15. The monoisotopic (exact) mass is 350 g/mol. The molecule has 0 bridgehead atoms. The Morgan fingerprint density at radius 2 is 2.00 bits per heavy atom. The molecule has 23 heavy (non-hydrogen) atoms. The van der Waals surface area contributed by atoms with Crippen LogP contribution in [0.2, 0.25) is 10.0 Å². The zero-order valence-corrected chi connectivity index (χ0v) is 14.2. The van der Waals surface area contributed by atoms with E-state index in [2.05, 4.69) is 10.5 Å². The molecule has 1 atom stereocenters. The van der Waals surface area contributed by atoms with Gasteiger partial charge < -0.3 is 4.74 Å². The fourth-order valence-corrected chi connectivity index (χ4v) is 2.26. The third kappa shape index (κ3) is 4.98. The lowest BCUT2D eigenvalue weighted by atomic mass is 10.1. The Balaban J connectivity index is 1.94. The maximum Gasteiger partial charge on any atom is 0.280 e. The summed E-state index contributed by atoms with van der Waals surface area (Å²) in [7, 11) is 0. The van der Waals surface area contributed by atoms with Crippen LogP contribution in [0.15, 0.2) is 47.6 Å². The van der Waals surface area contributed by atoms with Gasteiger partial charge in [-0.2, -0.15) is 5.10 Å². The highest BCUT2D eigenvalue weighted by Crippen LogP contribution is 2.28. The smallest absolute Gasteiger partial charge is 0.280 e. The van der Waals surface area contributed by atoms with Crippen molar-refractivity contribution < 1.29 is 9.53 Å². The zero-order chi connectivity index (χ0) is 16.8. The second-order valence-corrected chi connectivity index (χ2v) is 5.77. The van der Waals surface area contributed by atoms with Crippen molar-refractivity contribution in [3.63, 3.8) is 0 Å². The number of hydrogen-bond donors (Lipinski definition) is 1. The summed E-state index contributed by atoms with van der Waals surface area (Å²) < 4.78 is 5.51. The topological polar surface area (TPSA) is 50.7 Å². The summed E-state index contributed by atoms with van der Waals surface area (Å²) in [6, 6.07) is 12.5. The van der Waals surface area contributed by atoms with Gasteiger partial charge in [-0.15, -0.1) is 0 Å². The Kier molecular flexibility index (Phi) is 6.02. The number of hydrazone groups is 1. The molecule has 0 aliphatic heterocycles. The normalized spacial score (nSPS) is 12.2. The molecule has 1 N–H and O–H groups in total. The van der Waals surface area contributed by atoms with Crippen LogP contribution in [0.5, 0.6) is 5.75 Å². The fourth-order valence-electron chi connectivity index (χ4n) is 1.80. The van der Waals surface area contributed by atoms with Crippen molar-refractivity contribution in [2.45, 2.75) is 20.0 Å². The van der Waals surface area contributed by atoms with Gasteiger partial charge in [-0.3, -0.25) is 4.79 Å². The molecule has 120 valence electrons. The molecule has 0 heterocycles. The number of benzene rings is 2. The van der Waals surface area contributed by atoms with E-state index >= 15 is 0 Å². The lowest BCUT2D eigenvalue weighted by Gasteiger charge is -2.14. The molecule has 1 unspecified atom stereocenters. The maximum absolute atomic E-state index is 12.0. The summed E-state index contributed by atoms with van der Waals surface area (Å²) in [6.07, 6.45) is 0.845. The van der Waals surface area contributed by atoms with E-state index in [1.165, 1.54) is 0 Å². The summed E-state index contributed by atoms with van der Waals surface area (Å²) in [5, 5.41) is 4.79. The summed E-state index contributed by atoms with van der Waals surface area (Å²) in [5.74, 6) is 0.0162. The Bertz CT molecular complexity index is 732. The Labute approximate surface area is 145 Å². The predicted octanol–water partition coefficient (Wildman–Crippen LogP) is 4.22. The van der Waals surface area contributed by atoms with Crippen LogP contribution < -0.4 is 10.2 Å². The van der Waals surface area contributed by atoms with Crippen LogP contribution in [0.25, 0.3) is 0 Å². The van der Waals surface area contributed by atoms with E-state index in [1.807, 2.05) is 31.2 Å². The van der Waals surface area contributed by atoms with E-state index in [4.69, 9.17) is 27.9 Å². The second-order valence-electron chi connectivity index (χ2n) is 4.93. The number of carbonyl (C=O) groups is 1. The molecule has 0 saturated carbocycles. The molecular formula is C17H16Cl2N2O2. The lowest BCUT2D eigenvalue weighted by Crippen LogP contribution is -2.33. The van der Waals surface area contributed by atoms with E-state index < -0.39 is 6.10 Å². The average Bonchev–Trinajstić information content (AvgIpc) is 2.51. The number of nitrogens with one attached hydrogen (secondary N) is 1. The molecule has 2 aromatic rings. The quantitative estimate of drug-likeness (QED) is 0.648.